The highest BCUT2D eigenvalue weighted by atomic mass is 16.4. The monoisotopic (exact) mass is 436 g/mol. The van der Waals surface area contributed by atoms with E-state index in [2.05, 4.69) is 13.0 Å². The van der Waals surface area contributed by atoms with Crippen molar-refractivity contribution in [3.05, 3.63) is 12.2 Å². The lowest BCUT2D eigenvalue weighted by molar-refractivity contribution is -0.136. The minimum absolute atomic E-state index is 0.260. The minimum Gasteiger partial charge on any atom is -0.481 e. The van der Waals surface area contributed by atoms with Gasteiger partial charge in [-0.2, -0.15) is 0 Å². The van der Waals surface area contributed by atoms with Crippen LogP contribution in [-0.4, -0.2) is 11.1 Å². The first-order valence-corrected chi connectivity index (χ1v) is 14.1. The Morgan fingerprint density at radius 2 is 0.774 bits per heavy atom. The van der Waals surface area contributed by atoms with E-state index in [4.69, 9.17) is 5.11 Å². The molecule has 0 aromatic heterocycles. The first kappa shape index (κ1) is 30.2. The smallest absolute Gasteiger partial charge is 0.303 e. The molecule has 31 heavy (non-hydrogen) atoms. The predicted molar refractivity (Wildman–Crippen MR) is 138 cm³/mol. The quantitative estimate of drug-likeness (QED) is 0.108. The topological polar surface area (TPSA) is 37.3 Å². The third kappa shape index (κ3) is 29.2. The molecule has 1 N–H and O–H groups in total. The standard InChI is InChI=1S/C29H56O2/c1-2-3-4-5-6-7-8-9-10-11-12-13-14-15-16-17-18-19-20-21-22-23-24-25-26-27-28-29(30)31/h25-26H,2-24,27-28H2,1H3,(H,30,31). The predicted octanol–water partition coefficient (Wildman–Crippen LogP) is 10.4. The van der Waals surface area contributed by atoms with Gasteiger partial charge in [-0.3, -0.25) is 4.79 Å². The third-order valence-corrected chi connectivity index (χ3v) is 6.42. The van der Waals surface area contributed by atoms with Gasteiger partial charge in [0.2, 0.25) is 0 Å². The lowest BCUT2D eigenvalue weighted by Crippen LogP contribution is -1.91. The molecule has 0 aliphatic carbocycles. The summed E-state index contributed by atoms with van der Waals surface area (Å²) in [4.78, 5) is 10.4. The molecule has 2 nitrogen and oxygen atoms in total. The molecule has 0 aromatic carbocycles. The average Bonchev–Trinajstić information content (AvgIpc) is 2.76. The Hall–Kier alpha value is -0.790. The van der Waals surface area contributed by atoms with Crippen LogP contribution in [0.25, 0.3) is 0 Å². The van der Waals surface area contributed by atoms with Crippen molar-refractivity contribution >= 4 is 5.97 Å². The summed E-state index contributed by atoms with van der Waals surface area (Å²) in [7, 11) is 0. The summed E-state index contributed by atoms with van der Waals surface area (Å²) in [5, 5.41) is 8.57. The van der Waals surface area contributed by atoms with Gasteiger partial charge in [-0.1, -0.05) is 154 Å². The number of rotatable bonds is 26. The van der Waals surface area contributed by atoms with Crippen LogP contribution in [0.1, 0.15) is 167 Å². The fourth-order valence-electron chi connectivity index (χ4n) is 4.31. The van der Waals surface area contributed by atoms with E-state index in [1.54, 1.807) is 0 Å². The SMILES string of the molecule is CCCCCCCCCCCCCCCCCCCCCCCCC=CCCC(=O)O. The van der Waals surface area contributed by atoms with Gasteiger partial charge < -0.3 is 5.11 Å². The zero-order valence-electron chi connectivity index (χ0n) is 21.2. The van der Waals surface area contributed by atoms with Crippen molar-refractivity contribution in [2.24, 2.45) is 0 Å². The maximum absolute atomic E-state index is 10.4. The fraction of sp³-hybridized carbons (Fsp3) is 0.897. The normalized spacial score (nSPS) is 11.5. The van der Waals surface area contributed by atoms with Crippen LogP contribution in [0.15, 0.2) is 12.2 Å². The fourth-order valence-corrected chi connectivity index (χ4v) is 4.31. The van der Waals surface area contributed by atoms with Gasteiger partial charge in [0.25, 0.3) is 0 Å². The molecule has 0 heterocycles. The highest BCUT2D eigenvalue weighted by molar-refractivity contribution is 5.66. The molecule has 0 unspecified atom stereocenters. The summed E-state index contributed by atoms with van der Waals surface area (Å²) in [6.45, 7) is 2.29. The van der Waals surface area contributed by atoms with Crippen molar-refractivity contribution in [2.45, 2.75) is 167 Å². The number of allylic oxidation sites excluding steroid dienone is 2. The molecule has 0 rings (SSSR count). The second kappa shape index (κ2) is 27.2. The van der Waals surface area contributed by atoms with E-state index in [9.17, 15) is 4.79 Å². The summed E-state index contributed by atoms with van der Waals surface area (Å²) in [5.74, 6) is -0.700. The Morgan fingerprint density at radius 3 is 1.10 bits per heavy atom. The van der Waals surface area contributed by atoms with E-state index in [-0.39, 0.29) is 6.42 Å². The van der Waals surface area contributed by atoms with Crippen LogP contribution in [0, 0.1) is 0 Å². The van der Waals surface area contributed by atoms with Gasteiger partial charge in [0, 0.05) is 6.42 Å². The lowest BCUT2D eigenvalue weighted by Gasteiger charge is -2.04. The van der Waals surface area contributed by atoms with Gasteiger partial charge in [-0.25, -0.2) is 0 Å². The first-order valence-electron chi connectivity index (χ1n) is 14.1. The Kier molecular flexibility index (Phi) is 26.5. The van der Waals surface area contributed by atoms with Crippen molar-refractivity contribution in [3.63, 3.8) is 0 Å². The lowest BCUT2D eigenvalue weighted by atomic mass is 10.0. The number of aliphatic carboxylic acids is 1. The summed E-state index contributed by atoms with van der Waals surface area (Å²) >= 11 is 0. The highest BCUT2D eigenvalue weighted by Crippen LogP contribution is 2.15. The second-order valence-corrected chi connectivity index (χ2v) is 9.62. The van der Waals surface area contributed by atoms with Crippen LogP contribution >= 0.6 is 0 Å². The van der Waals surface area contributed by atoms with E-state index in [1.807, 2.05) is 6.08 Å². The maximum Gasteiger partial charge on any atom is 0.303 e. The highest BCUT2D eigenvalue weighted by Gasteiger charge is 1.96. The van der Waals surface area contributed by atoms with Gasteiger partial charge in [0.05, 0.1) is 0 Å². The van der Waals surface area contributed by atoms with Crippen LogP contribution in [-0.2, 0) is 4.79 Å². The van der Waals surface area contributed by atoms with E-state index >= 15 is 0 Å². The van der Waals surface area contributed by atoms with Gasteiger partial charge in [-0.15, -0.1) is 0 Å². The first-order chi connectivity index (χ1) is 15.3. The molecule has 0 aliphatic rings. The number of carboxylic acid groups (broad SMARTS) is 1. The van der Waals surface area contributed by atoms with E-state index in [0.717, 1.165) is 6.42 Å². The van der Waals surface area contributed by atoms with Crippen molar-refractivity contribution < 1.29 is 9.90 Å². The van der Waals surface area contributed by atoms with Crippen molar-refractivity contribution in [3.8, 4) is 0 Å². The van der Waals surface area contributed by atoms with Gasteiger partial charge in [0.15, 0.2) is 0 Å². The number of hydrogen-bond acceptors (Lipinski definition) is 1. The molecule has 0 saturated heterocycles. The van der Waals surface area contributed by atoms with Gasteiger partial charge >= 0.3 is 5.97 Å². The molecule has 2 heteroatoms. The van der Waals surface area contributed by atoms with Crippen molar-refractivity contribution in [2.75, 3.05) is 0 Å². The zero-order valence-corrected chi connectivity index (χ0v) is 21.2. The summed E-state index contributed by atoms with van der Waals surface area (Å²) in [5.41, 5.74) is 0. The molecule has 0 amide bonds. The average molecular weight is 437 g/mol. The zero-order chi connectivity index (χ0) is 22.7. The maximum atomic E-state index is 10.4. The van der Waals surface area contributed by atoms with Crippen molar-refractivity contribution in [1.29, 1.82) is 0 Å². The largest absolute Gasteiger partial charge is 0.481 e. The summed E-state index contributed by atoms with van der Waals surface area (Å²) < 4.78 is 0. The Labute approximate surface area is 195 Å². The third-order valence-electron chi connectivity index (χ3n) is 6.42. The second-order valence-electron chi connectivity index (χ2n) is 9.62. The van der Waals surface area contributed by atoms with E-state index in [1.165, 1.54) is 141 Å². The molecule has 0 aliphatic heterocycles. The molecule has 184 valence electrons. The number of hydrogen-bond donors (Lipinski definition) is 1. The molecular weight excluding hydrogens is 380 g/mol. The molecule has 0 aromatic rings. The van der Waals surface area contributed by atoms with Crippen LogP contribution < -0.4 is 0 Å². The molecular formula is C29H56O2. The van der Waals surface area contributed by atoms with E-state index < -0.39 is 5.97 Å². The van der Waals surface area contributed by atoms with Crippen LogP contribution in [0.3, 0.4) is 0 Å². The molecule has 0 fully saturated rings. The number of unbranched alkanes of at least 4 members (excludes halogenated alkanes) is 22. The molecule has 0 atom stereocenters. The van der Waals surface area contributed by atoms with E-state index in [0.29, 0.717) is 6.42 Å². The Morgan fingerprint density at radius 1 is 0.484 bits per heavy atom. The van der Waals surface area contributed by atoms with Crippen molar-refractivity contribution in [1.82, 2.24) is 0 Å². The van der Waals surface area contributed by atoms with Gasteiger partial charge in [-0.05, 0) is 19.3 Å². The molecule has 0 spiro atoms. The van der Waals surface area contributed by atoms with Crippen LogP contribution in [0.2, 0.25) is 0 Å². The molecule has 0 bridgehead atoms. The number of carboxylic acids is 1. The summed E-state index contributed by atoms with van der Waals surface area (Å²) in [6.07, 6.45) is 37.6. The van der Waals surface area contributed by atoms with Crippen LogP contribution in [0.5, 0.6) is 0 Å². The molecule has 0 saturated carbocycles. The summed E-state index contributed by atoms with van der Waals surface area (Å²) in [6, 6.07) is 0. The van der Waals surface area contributed by atoms with Gasteiger partial charge in [0.1, 0.15) is 0 Å². The molecule has 0 radical (unpaired) electrons. The Balaban J connectivity index is 3.04. The minimum atomic E-state index is -0.700. The van der Waals surface area contributed by atoms with Crippen LogP contribution in [0.4, 0.5) is 0 Å². The number of carbonyl (C=O) groups is 1. The Bertz CT molecular complexity index is 375.